The van der Waals surface area contributed by atoms with Gasteiger partial charge in [0, 0.05) is 6.42 Å². The Hall–Kier alpha value is -0.630. The van der Waals surface area contributed by atoms with E-state index in [0.717, 1.165) is 17.2 Å². The van der Waals surface area contributed by atoms with Crippen LogP contribution in [0.25, 0.3) is 0 Å². The Labute approximate surface area is 109 Å². The lowest BCUT2D eigenvalue weighted by Crippen LogP contribution is -2.15. The summed E-state index contributed by atoms with van der Waals surface area (Å²) in [6.07, 6.45) is 5.88. The third kappa shape index (κ3) is 4.63. The third-order valence-corrected chi connectivity index (χ3v) is 4.32. The van der Waals surface area contributed by atoms with E-state index >= 15 is 0 Å². The molecule has 1 aromatic heterocycles. The maximum Gasteiger partial charge on any atom is 0.173 e. The summed E-state index contributed by atoms with van der Waals surface area (Å²) in [5.74, 6) is 1.87. The highest BCUT2D eigenvalue weighted by Gasteiger charge is 2.21. The Kier molecular flexibility index (Phi) is 6.49. The third-order valence-electron chi connectivity index (χ3n) is 3.41. The summed E-state index contributed by atoms with van der Waals surface area (Å²) >= 11 is 1.57. The largest absolute Gasteiger partial charge is 0.293 e. The Morgan fingerprint density at radius 3 is 2.47 bits per heavy atom. The van der Waals surface area contributed by atoms with Crippen molar-refractivity contribution in [1.82, 2.24) is 0 Å². The van der Waals surface area contributed by atoms with Gasteiger partial charge in [-0.2, -0.15) is 0 Å². The molecule has 0 atom stereocenters. The number of carbonyl (C=O) groups excluding carboxylic acids is 1. The van der Waals surface area contributed by atoms with Gasteiger partial charge in [-0.1, -0.05) is 39.7 Å². The summed E-state index contributed by atoms with van der Waals surface area (Å²) < 4.78 is 0. The van der Waals surface area contributed by atoms with Gasteiger partial charge in [0.25, 0.3) is 0 Å². The first kappa shape index (κ1) is 14.4. The number of ketones is 1. The fraction of sp³-hybridized carbons (Fsp3) is 0.667. The van der Waals surface area contributed by atoms with Crippen molar-refractivity contribution in [2.45, 2.75) is 52.9 Å². The summed E-state index contributed by atoms with van der Waals surface area (Å²) in [6.45, 7) is 6.32. The number of rotatable bonds is 3. The van der Waals surface area contributed by atoms with Gasteiger partial charge in [-0.3, -0.25) is 4.79 Å². The van der Waals surface area contributed by atoms with E-state index in [1.165, 1.54) is 25.7 Å². The summed E-state index contributed by atoms with van der Waals surface area (Å²) in [5, 5.41) is 1.98. The standard InChI is InChI=1S/C13H18OS.C2H6/c1-10-4-6-11(7-5-10)9-12(14)13-3-2-8-15-13;1-2/h2-3,8,10-11H,4-7,9H2,1H3;1-2H3. The lowest BCUT2D eigenvalue weighted by Gasteiger charge is -2.25. The van der Waals surface area contributed by atoms with Gasteiger partial charge < -0.3 is 0 Å². The van der Waals surface area contributed by atoms with Crippen LogP contribution < -0.4 is 0 Å². The van der Waals surface area contributed by atoms with E-state index in [-0.39, 0.29) is 0 Å². The van der Waals surface area contributed by atoms with E-state index in [1.807, 2.05) is 31.4 Å². The van der Waals surface area contributed by atoms with Crippen LogP contribution in [0.3, 0.4) is 0 Å². The molecule has 0 saturated heterocycles. The first-order chi connectivity index (χ1) is 8.25. The lowest BCUT2D eigenvalue weighted by atomic mass is 9.80. The molecule has 1 aliphatic rings. The molecule has 1 saturated carbocycles. The number of carbonyl (C=O) groups is 1. The minimum atomic E-state index is 0.351. The van der Waals surface area contributed by atoms with Crippen molar-refractivity contribution in [1.29, 1.82) is 0 Å². The van der Waals surface area contributed by atoms with Crippen molar-refractivity contribution >= 4 is 17.1 Å². The quantitative estimate of drug-likeness (QED) is 0.678. The van der Waals surface area contributed by atoms with Gasteiger partial charge in [0.05, 0.1) is 4.88 Å². The van der Waals surface area contributed by atoms with Crippen molar-refractivity contribution < 1.29 is 4.79 Å². The molecule has 1 aromatic rings. The van der Waals surface area contributed by atoms with Crippen LogP contribution in [0.1, 0.15) is 62.5 Å². The fourth-order valence-corrected chi connectivity index (χ4v) is 3.01. The molecule has 0 amide bonds. The van der Waals surface area contributed by atoms with Gasteiger partial charge in [-0.05, 0) is 36.1 Å². The van der Waals surface area contributed by atoms with Crippen LogP contribution in [-0.2, 0) is 0 Å². The second-order valence-corrected chi connectivity index (χ2v) is 5.68. The van der Waals surface area contributed by atoms with E-state index in [9.17, 15) is 4.79 Å². The number of hydrogen-bond donors (Lipinski definition) is 0. The number of thiophene rings is 1. The predicted molar refractivity (Wildman–Crippen MR) is 75.7 cm³/mol. The first-order valence-corrected chi connectivity index (χ1v) is 7.70. The van der Waals surface area contributed by atoms with E-state index < -0.39 is 0 Å². The zero-order valence-corrected chi connectivity index (χ0v) is 12.1. The minimum absolute atomic E-state index is 0.351. The molecule has 0 N–H and O–H groups in total. The molecule has 0 bridgehead atoms. The highest BCUT2D eigenvalue weighted by Crippen LogP contribution is 2.31. The van der Waals surface area contributed by atoms with Crippen molar-refractivity contribution in [2.75, 3.05) is 0 Å². The first-order valence-electron chi connectivity index (χ1n) is 6.82. The van der Waals surface area contributed by atoms with Crippen molar-refractivity contribution in [3.8, 4) is 0 Å². The second-order valence-electron chi connectivity index (χ2n) is 4.73. The summed E-state index contributed by atoms with van der Waals surface area (Å²) in [7, 11) is 0. The Morgan fingerprint density at radius 2 is 1.94 bits per heavy atom. The topological polar surface area (TPSA) is 17.1 Å². The van der Waals surface area contributed by atoms with Crippen LogP contribution in [0.2, 0.25) is 0 Å². The zero-order chi connectivity index (χ0) is 12.7. The molecule has 1 nitrogen and oxygen atoms in total. The monoisotopic (exact) mass is 252 g/mol. The van der Waals surface area contributed by atoms with Crippen LogP contribution in [0, 0.1) is 11.8 Å². The summed E-state index contributed by atoms with van der Waals surface area (Å²) in [6, 6.07) is 3.90. The smallest absolute Gasteiger partial charge is 0.173 e. The van der Waals surface area contributed by atoms with Gasteiger partial charge in [-0.15, -0.1) is 11.3 Å². The molecule has 1 heterocycles. The normalized spacial score (nSPS) is 23.7. The Morgan fingerprint density at radius 1 is 1.29 bits per heavy atom. The van der Waals surface area contributed by atoms with Crippen molar-refractivity contribution in [3.05, 3.63) is 22.4 Å². The van der Waals surface area contributed by atoms with Gasteiger partial charge in [0.2, 0.25) is 0 Å². The Balaban J connectivity index is 0.000000686. The van der Waals surface area contributed by atoms with E-state index in [4.69, 9.17) is 0 Å². The molecule has 0 spiro atoms. The predicted octanol–water partition coefficient (Wildman–Crippen LogP) is 5.17. The average Bonchev–Trinajstić information content (AvgIpc) is 2.88. The number of Topliss-reactive ketones (excluding diaryl/α,β-unsaturated/α-hetero) is 1. The van der Waals surface area contributed by atoms with Gasteiger partial charge in [0.15, 0.2) is 5.78 Å². The van der Waals surface area contributed by atoms with Gasteiger partial charge in [-0.25, -0.2) is 0 Å². The average molecular weight is 252 g/mol. The molecule has 2 rings (SSSR count). The molecule has 1 aliphatic carbocycles. The van der Waals surface area contributed by atoms with Crippen LogP contribution in [0.4, 0.5) is 0 Å². The molecule has 2 heteroatoms. The summed E-state index contributed by atoms with van der Waals surface area (Å²) in [4.78, 5) is 12.8. The molecule has 1 fully saturated rings. The SMILES string of the molecule is CC.CC1CCC(CC(=O)c2cccs2)CC1. The maximum atomic E-state index is 11.9. The molecule has 0 aliphatic heterocycles. The molecular weight excluding hydrogens is 228 g/mol. The second kappa shape index (κ2) is 7.65. The summed E-state index contributed by atoms with van der Waals surface area (Å²) in [5.41, 5.74) is 0. The molecule has 96 valence electrons. The zero-order valence-electron chi connectivity index (χ0n) is 11.2. The molecule has 17 heavy (non-hydrogen) atoms. The van der Waals surface area contributed by atoms with Crippen molar-refractivity contribution in [2.24, 2.45) is 11.8 Å². The van der Waals surface area contributed by atoms with Crippen LogP contribution in [0.5, 0.6) is 0 Å². The molecule has 0 unspecified atom stereocenters. The van der Waals surface area contributed by atoms with Crippen LogP contribution >= 0.6 is 11.3 Å². The van der Waals surface area contributed by atoms with Crippen LogP contribution in [0.15, 0.2) is 17.5 Å². The highest BCUT2D eigenvalue weighted by atomic mass is 32.1. The van der Waals surface area contributed by atoms with Crippen LogP contribution in [-0.4, -0.2) is 5.78 Å². The number of hydrogen-bond acceptors (Lipinski definition) is 2. The van der Waals surface area contributed by atoms with Gasteiger partial charge in [0.1, 0.15) is 0 Å². The fourth-order valence-electron chi connectivity index (χ4n) is 2.33. The molecule has 0 aromatic carbocycles. The molecule has 0 radical (unpaired) electrons. The van der Waals surface area contributed by atoms with Gasteiger partial charge >= 0.3 is 0 Å². The lowest BCUT2D eigenvalue weighted by molar-refractivity contribution is 0.0948. The molecular formula is C15H24OS. The highest BCUT2D eigenvalue weighted by molar-refractivity contribution is 7.12. The minimum Gasteiger partial charge on any atom is -0.293 e. The maximum absolute atomic E-state index is 11.9. The van der Waals surface area contributed by atoms with E-state index in [2.05, 4.69) is 6.92 Å². The van der Waals surface area contributed by atoms with E-state index in [0.29, 0.717) is 11.7 Å². The van der Waals surface area contributed by atoms with Crippen molar-refractivity contribution in [3.63, 3.8) is 0 Å². The Bertz CT molecular complexity index is 308. The van der Waals surface area contributed by atoms with E-state index in [1.54, 1.807) is 11.3 Å².